The van der Waals surface area contributed by atoms with Crippen LogP contribution in [0.1, 0.15) is 40.5 Å². The molecule has 4 heteroatoms. The molecule has 2 atom stereocenters. The molecular weight excluding hydrogens is 268 g/mol. The van der Waals surface area contributed by atoms with Gasteiger partial charge < -0.3 is 9.16 Å². The summed E-state index contributed by atoms with van der Waals surface area (Å²) in [5.41, 5.74) is 0. The van der Waals surface area contributed by atoms with Crippen molar-refractivity contribution in [2.75, 3.05) is 0 Å². The Bertz CT molecular complexity index is 342. The monoisotopic (exact) mass is 298 g/mol. The summed E-state index contributed by atoms with van der Waals surface area (Å²) in [4.78, 5) is 11.3. The van der Waals surface area contributed by atoms with Gasteiger partial charge in [-0.2, -0.15) is 0 Å². The minimum Gasteiger partial charge on any atom is -0.459 e. The van der Waals surface area contributed by atoms with E-state index in [0.29, 0.717) is 12.8 Å². The van der Waals surface area contributed by atoms with Gasteiger partial charge in [0, 0.05) is 25.0 Å². The van der Waals surface area contributed by atoms with Crippen LogP contribution in [0.4, 0.5) is 0 Å². The van der Waals surface area contributed by atoms with Gasteiger partial charge in [-0.15, -0.1) is 6.58 Å². The van der Waals surface area contributed by atoms with Gasteiger partial charge in [-0.3, -0.25) is 0 Å². The zero-order valence-corrected chi connectivity index (χ0v) is 14.9. The second kappa shape index (κ2) is 7.79. The third-order valence-electron chi connectivity index (χ3n) is 3.78. The zero-order chi connectivity index (χ0) is 16.0. The fourth-order valence-electron chi connectivity index (χ4n) is 1.69. The van der Waals surface area contributed by atoms with E-state index in [2.05, 4.69) is 47.0 Å². The van der Waals surface area contributed by atoms with Gasteiger partial charge in [0.25, 0.3) is 0 Å². The molecule has 0 fully saturated rings. The fourth-order valence-corrected chi connectivity index (χ4v) is 3.14. The molecular formula is C16H30O3Si. The normalized spacial score (nSPS) is 15.3. The van der Waals surface area contributed by atoms with E-state index < -0.39 is 14.3 Å². The van der Waals surface area contributed by atoms with Crippen LogP contribution in [-0.4, -0.2) is 26.5 Å². The topological polar surface area (TPSA) is 35.5 Å². The number of carbonyl (C=O) groups is 1. The molecule has 0 radical (unpaired) electrons. The highest BCUT2D eigenvalue weighted by molar-refractivity contribution is 6.74. The Balaban J connectivity index is 4.60. The molecule has 0 aromatic rings. The van der Waals surface area contributed by atoms with Gasteiger partial charge in [0.15, 0.2) is 8.32 Å². The lowest BCUT2D eigenvalue weighted by Crippen LogP contribution is -2.44. The molecule has 0 unspecified atom stereocenters. The van der Waals surface area contributed by atoms with Crippen LogP contribution in [0.2, 0.25) is 18.1 Å². The van der Waals surface area contributed by atoms with Crippen molar-refractivity contribution in [2.45, 2.75) is 70.9 Å². The highest BCUT2D eigenvalue weighted by atomic mass is 28.4. The highest BCUT2D eigenvalue weighted by Crippen LogP contribution is 2.37. The molecule has 0 spiro atoms. The van der Waals surface area contributed by atoms with Gasteiger partial charge in [0.2, 0.25) is 0 Å². The second-order valence-electron chi connectivity index (χ2n) is 6.71. The van der Waals surface area contributed by atoms with E-state index in [1.807, 2.05) is 6.92 Å². The summed E-state index contributed by atoms with van der Waals surface area (Å²) in [6, 6.07) is 0. The van der Waals surface area contributed by atoms with Crippen LogP contribution in [0.25, 0.3) is 0 Å². The van der Waals surface area contributed by atoms with Gasteiger partial charge in [0.1, 0.15) is 6.10 Å². The Morgan fingerprint density at radius 1 is 1.30 bits per heavy atom. The summed E-state index contributed by atoms with van der Waals surface area (Å²) < 4.78 is 11.6. The van der Waals surface area contributed by atoms with Crippen molar-refractivity contribution in [1.82, 2.24) is 0 Å². The number of esters is 1. The molecule has 0 aromatic heterocycles. The zero-order valence-electron chi connectivity index (χ0n) is 13.9. The Hall–Kier alpha value is -0.873. The van der Waals surface area contributed by atoms with E-state index in [1.165, 1.54) is 6.08 Å². The number of hydrogen-bond acceptors (Lipinski definition) is 3. The molecule has 116 valence electrons. The van der Waals surface area contributed by atoms with Crippen molar-refractivity contribution in [1.29, 1.82) is 0 Å². The third kappa shape index (κ3) is 6.53. The number of ether oxygens (including phenoxy) is 1. The molecule has 0 heterocycles. The average molecular weight is 298 g/mol. The van der Waals surface area contributed by atoms with Crippen LogP contribution in [-0.2, 0) is 14.0 Å². The smallest absolute Gasteiger partial charge is 0.330 e. The molecule has 20 heavy (non-hydrogen) atoms. The molecule has 0 aliphatic heterocycles. The number of rotatable bonds is 8. The van der Waals surface area contributed by atoms with Crippen molar-refractivity contribution < 1.29 is 14.0 Å². The summed E-state index contributed by atoms with van der Waals surface area (Å²) >= 11 is 0. The van der Waals surface area contributed by atoms with E-state index in [-0.39, 0.29) is 17.2 Å². The lowest BCUT2D eigenvalue weighted by atomic mass is 10.1. The molecule has 0 saturated heterocycles. The first-order valence-corrected chi connectivity index (χ1v) is 10.1. The molecule has 0 bridgehead atoms. The summed E-state index contributed by atoms with van der Waals surface area (Å²) in [7, 11) is -1.79. The van der Waals surface area contributed by atoms with Crippen molar-refractivity contribution in [2.24, 2.45) is 0 Å². The maximum Gasteiger partial charge on any atom is 0.330 e. The molecule has 3 nitrogen and oxygen atoms in total. The van der Waals surface area contributed by atoms with Crippen molar-refractivity contribution in [3.8, 4) is 0 Å². The average Bonchev–Trinajstić information content (AvgIpc) is 2.26. The summed E-state index contributed by atoms with van der Waals surface area (Å²) in [5.74, 6) is -0.392. The van der Waals surface area contributed by atoms with Crippen LogP contribution < -0.4 is 0 Å². The Labute approximate surface area is 125 Å². The number of hydrogen-bond donors (Lipinski definition) is 0. The highest BCUT2D eigenvalue weighted by Gasteiger charge is 2.38. The minimum atomic E-state index is -1.79. The van der Waals surface area contributed by atoms with E-state index in [0.717, 1.165) is 0 Å². The molecule has 0 aliphatic rings. The first-order valence-electron chi connectivity index (χ1n) is 7.15. The third-order valence-corrected chi connectivity index (χ3v) is 8.38. The van der Waals surface area contributed by atoms with Crippen molar-refractivity contribution >= 4 is 14.3 Å². The lowest BCUT2D eigenvalue weighted by Gasteiger charge is -2.39. The number of carbonyl (C=O) groups excluding carboxylic acids is 1. The van der Waals surface area contributed by atoms with E-state index in [1.54, 1.807) is 6.08 Å². The maximum atomic E-state index is 11.3. The van der Waals surface area contributed by atoms with Gasteiger partial charge in [0.05, 0.1) is 0 Å². The predicted octanol–water partition coefficient (Wildman–Crippen LogP) is 4.46. The van der Waals surface area contributed by atoms with Crippen LogP contribution in [0, 0.1) is 0 Å². The van der Waals surface area contributed by atoms with Crippen molar-refractivity contribution in [3.63, 3.8) is 0 Å². The Morgan fingerprint density at radius 3 is 2.25 bits per heavy atom. The molecule has 0 aromatic carbocycles. The molecule has 0 saturated carbocycles. The Morgan fingerprint density at radius 2 is 1.85 bits per heavy atom. The summed E-state index contributed by atoms with van der Waals surface area (Å²) in [6.45, 7) is 20.3. The lowest BCUT2D eigenvalue weighted by molar-refractivity contribution is -0.143. The predicted molar refractivity (Wildman–Crippen MR) is 87.3 cm³/mol. The van der Waals surface area contributed by atoms with E-state index in [4.69, 9.17) is 9.16 Å². The van der Waals surface area contributed by atoms with Gasteiger partial charge in [-0.05, 0) is 25.1 Å². The van der Waals surface area contributed by atoms with Gasteiger partial charge in [-0.25, -0.2) is 4.79 Å². The summed E-state index contributed by atoms with van der Waals surface area (Å²) in [5, 5.41) is 0.174. The Kier molecular flexibility index (Phi) is 7.45. The largest absolute Gasteiger partial charge is 0.459 e. The van der Waals surface area contributed by atoms with E-state index in [9.17, 15) is 4.79 Å². The van der Waals surface area contributed by atoms with Gasteiger partial charge in [-0.1, -0.05) is 33.4 Å². The fraction of sp³-hybridized carbons (Fsp3) is 0.688. The van der Waals surface area contributed by atoms with Crippen LogP contribution in [0.3, 0.4) is 0 Å². The maximum absolute atomic E-state index is 11.3. The standard InChI is InChI=1S/C16H30O3Si/c1-9-11-14(18-15(17)10-2)12-13(3)19-20(7,8)16(4,5)6/h9-10,13-14H,1-2,11-12H2,3-8H3/t13-,14+/m1/s1. The SMILES string of the molecule is C=CC[C@@H](C[C@@H](C)O[Si](C)(C)C(C)(C)C)OC(=O)C=C. The van der Waals surface area contributed by atoms with Crippen LogP contribution >= 0.6 is 0 Å². The van der Waals surface area contributed by atoms with Crippen LogP contribution in [0.15, 0.2) is 25.3 Å². The molecule has 0 rings (SSSR count). The molecule has 0 N–H and O–H groups in total. The van der Waals surface area contributed by atoms with Gasteiger partial charge >= 0.3 is 5.97 Å². The first kappa shape index (κ1) is 19.1. The quantitative estimate of drug-likeness (QED) is 0.287. The molecule has 0 amide bonds. The minimum absolute atomic E-state index is 0.0541. The molecule has 0 aliphatic carbocycles. The summed E-state index contributed by atoms with van der Waals surface area (Å²) in [6.07, 6.45) is 4.12. The van der Waals surface area contributed by atoms with Crippen molar-refractivity contribution in [3.05, 3.63) is 25.3 Å². The van der Waals surface area contributed by atoms with E-state index >= 15 is 0 Å². The second-order valence-corrected chi connectivity index (χ2v) is 11.5. The van der Waals surface area contributed by atoms with Crippen LogP contribution in [0.5, 0.6) is 0 Å². The first-order chi connectivity index (χ1) is 9.03.